The number of carbonyl (C=O) groups excluding carboxylic acids is 2. The van der Waals surface area contributed by atoms with Crippen LogP contribution >= 0.6 is 11.6 Å². The molecular formula is C16H20ClFN2O3. The lowest BCUT2D eigenvalue weighted by molar-refractivity contribution is -0.126. The molecule has 0 bridgehead atoms. The van der Waals surface area contributed by atoms with Gasteiger partial charge in [0.15, 0.2) is 0 Å². The van der Waals surface area contributed by atoms with Crippen LogP contribution in [-0.4, -0.2) is 36.1 Å². The predicted molar refractivity (Wildman–Crippen MR) is 85.8 cm³/mol. The van der Waals surface area contributed by atoms with Gasteiger partial charge in [0.05, 0.1) is 17.0 Å². The van der Waals surface area contributed by atoms with Gasteiger partial charge in [0.1, 0.15) is 5.82 Å². The molecule has 2 amide bonds. The molecule has 1 aromatic rings. The molecule has 0 saturated carbocycles. The third-order valence-corrected chi connectivity index (χ3v) is 4.27. The number of carbonyl (C=O) groups is 2. The van der Waals surface area contributed by atoms with Gasteiger partial charge in [-0.1, -0.05) is 18.5 Å². The number of rotatable bonds is 6. The highest BCUT2D eigenvalue weighted by molar-refractivity contribution is 6.30. The van der Waals surface area contributed by atoms with Crippen LogP contribution in [0, 0.1) is 11.7 Å². The largest absolute Gasteiger partial charge is 0.393 e. The normalized spacial score (nSPS) is 19.0. The number of anilines is 1. The molecule has 2 unspecified atom stereocenters. The molecule has 1 aromatic carbocycles. The fourth-order valence-electron chi connectivity index (χ4n) is 2.50. The molecule has 23 heavy (non-hydrogen) atoms. The molecule has 2 N–H and O–H groups in total. The molecule has 0 aliphatic carbocycles. The molecule has 2 rings (SSSR count). The SMILES string of the molecule is CCC(O)CCNC(=O)C1CC(=O)N(c2ccc(Cl)c(F)c2)C1. The van der Waals surface area contributed by atoms with E-state index in [4.69, 9.17) is 11.6 Å². The van der Waals surface area contributed by atoms with Gasteiger partial charge in [-0.2, -0.15) is 0 Å². The summed E-state index contributed by atoms with van der Waals surface area (Å²) >= 11 is 5.63. The Morgan fingerprint density at radius 3 is 2.96 bits per heavy atom. The molecule has 0 spiro atoms. The zero-order valence-electron chi connectivity index (χ0n) is 12.9. The van der Waals surface area contributed by atoms with E-state index in [0.717, 1.165) is 0 Å². The fourth-order valence-corrected chi connectivity index (χ4v) is 2.61. The minimum atomic E-state index is -0.599. The summed E-state index contributed by atoms with van der Waals surface area (Å²) in [7, 11) is 0. The van der Waals surface area contributed by atoms with Gasteiger partial charge in [0.2, 0.25) is 11.8 Å². The molecule has 7 heteroatoms. The number of hydrogen-bond donors (Lipinski definition) is 2. The molecule has 0 radical (unpaired) electrons. The van der Waals surface area contributed by atoms with Crippen molar-refractivity contribution in [2.75, 3.05) is 18.0 Å². The van der Waals surface area contributed by atoms with E-state index in [0.29, 0.717) is 25.1 Å². The van der Waals surface area contributed by atoms with E-state index in [2.05, 4.69) is 5.32 Å². The van der Waals surface area contributed by atoms with Crippen LogP contribution in [0.15, 0.2) is 18.2 Å². The van der Waals surface area contributed by atoms with E-state index >= 15 is 0 Å². The van der Waals surface area contributed by atoms with E-state index in [1.807, 2.05) is 6.92 Å². The molecule has 1 aliphatic heterocycles. The van der Waals surface area contributed by atoms with Gasteiger partial charge >= 0.3 is 0 Å². The van der Waals surface area contributed by atoms with Crippen LogP contribution in [0.5, 0.6) is 0 Å². The first kappa shape index (κ1) is 17.7. The zero-order chi connectivity index (χ0) is 17.0. The van der Waals surface area contributed by atoms with Gasteiger partial charge in [0, 0.05) is 25.2 Å². The molecular weight excluding hydrogens is 323 g/mol. The summed E-state index contributed by atoms with van der Waals surface area (Å²) < 4.78 is 13.5. The minimum Gasteiger partial charge on any atom is -0.393 e. The summed E-state index contributed by atoms with van der Waals surface area (Å²) in [6.45, 7) is 2.45. The number of aliphatic hydroxyl groups is 1. The molecule has 2 atom stereocenters. The second-order valence-corrected chi connectivity index (χ2v) is 6.05. The highest BCUT2D eigenvalue weighted by atomic mass is 35.5. The second-order valence-electron chi connectivity index (χ2n) is 5.65. The first-order chi connectivity index (χ1) is 10.9. The van der Waals surface area contributed by atoms with Crippen LogP contribution in [0.25, 0.3) is 0 Å². The van der Waals surface area contributed by atoms with Crippen LogP contribution in [0.1, 0.15) is 26.2 Å². The molecule has 0 aromatic heterocycles. The lowest BCUT2D eigenvalue weighted by Crippen LogP contribution is -2.34. The van der Waals surface area contributed by atoms with Crippen molar-refractivity contribution in [2.24, 2.45) is 5.92 Å². The number of aliphatic hydroxyl groups excluding tert-OH is 1. The maximum atomic E-state index is 13.5. The fraction of sp³-hybridized carbons (Fsp3) is 0.500. The topological polar surface area (TPSA) is 69.6 Å². The van der Waals surface area contributed by atoms with E-state index < -0.39 is 17.8 Å². The zero-order valence-corrected chi connectivity index (χ0v) is 13.6. The number of benzene rings is 1. The Kier molecular flexibility index (Phi) is 5.96. The van der Waals surface area contributed by atoms with Crippen LogP contribution < -0.4 is 10.2 Å². The summed E-state index contributed by atoms with van der Waals surface area (Å²) in [5.41, 5.74) is 0.397. The molecule has 1 heterocycles. The maximum absolute atomic E-state index is 13.5. The quantitative estimate of drug-likeness (QED) is 0.832. The molecule has 1 aliphatic rings. The van der Waals surface area contributed by atoms with E-state index in [1.54, 1.807) is 6.07 Å². The number of hydrogen-bond acceptors (Lipinski definition) is 3. The van der Waals surface area contributed by atoms with Crippen molar-refractivity contribution in [3.8, 4) is 0 Å². The summed E-state index contributed by atoms with van der Waals surface area (Å²) in [5.74, 6) is -1.52. The van der Waals surface area contributed by atoms with Gasteiger partial charge in [-0.15, -0.1) is 0 Å². The van der Waals surface area contributed by atoms with Crippen LogP contribution in [-0.2, 0) is 9.59 Å². The molecule has 1 fully saturated rings. The standard InChI is InChI=1S/C16H20ClFN2O3/c1-2-12(21)5-6-19-16(23)10-7-15(22)20(9-10)11-3-4-13(17)14(18)8-11/h3-4,8,10,12,21H,2,5-7,9H2,1H3,(H,19,23). The van der Waals surface area contributed by atoms with E-state index in [-0.39, 0.29) is 29.8 Å². The second kappa shape index (κ2) is 7.75. The van der Waals surface area contributed by atoms with Gasteiger partial charge in [0.25, 0.3) is 0 Å². The van der Waals surface area contributed by atoms with Crippen LogP contribution in [0.4, 0.5) is 10.1 Å². The molecule has 1 saturated heterocycles. The Morgan fingerprint density at radius 1 is 1.57 bits per heavy atom. The number of nitrogens with zero attached hydrogens (tertiary/aromatic N) is 1. The Balaban J connectivity index is 1.93. The first-order valence-corrected chi connectivity index (χ1v) is 8.01. The molecule has 126 valence electrons. The average molecular weight is 343 g/mol. The van der Waals surface area contributed by atoms with Crippen LogP contribution in [0.2, 0.25) is 5.02 Å². The third-order valence-electron chi connectivity index (χ3n) is 3.96. The molecule has 5 nitrogen and oxygen atoms in total. The predicted octanol–water partition coefficient (Wildman–Crippen LogP) is 2.11. The van der Waals surface area contributed by atoms with Crippen molar-refractivity contribution in [3.05, 3.63) is 29.0 Å². The summed E-state index contributed by atoms with van der Waals surface area (Å²) in [6.07, 6.45) is 0.767. The van der Waals surface area contributed by atoms with Crippen molar-refractivity contribution < 1.29 is 19.1 Å². The summed E-state index contributed by atoms with van der Waals surface area (Å²) in [6, 6.07) is 4.14. The summed E-state index contributed by atoms with van der Waals surface area (Å²) in [5, 5.41) is 12.2. The number of nitrogens with one attached hydrogen (secondary N) is 1. The highest BCUT2D eigenvalue weighted by Crippen LogP contribution is 2.28. The minimum absolute atomic E-state index is 0.0100. The first-order valence-electron chi connectivity index (χ1n) is 7.63. The Morgan fingerprint density at radius 2 is 2.30 bits per heavy atom. The average Bonchev–Trinajstić information content (AvgIpc) is 2.91. The Labute approximate surface area is 139 Å². The van der Waals surface area contributed by atoms with Crippen molar-refractivity contribution in [2.45, 2.75) is 32.3 Å². The van der Waals surface area contributed by atoms with Gasteiger partial charge in [-0.25, -0.2) is 4.39 Å². The lowest BCUT2D eigenvalue weighted by Gasteiger charge is -2.17. The van der Waals surface area contributed by atoms with Crippen LogP contribution in [0.3, 0.4) is 0 Å². The smallest absolute Gasteiger partial charge is 0.227 e. The highest BCUT2D eigenvalue weighted by Gasteiger charge is 2.35. The van der Waals surface area contributed by atoms with Gasteiger partial charge in [-0.05, 0) is 31.0 Å². The Hall–Kier alpha value is -1.66. The monoisotopic (exact) mass is 342 g/mol. The van der Waals surface area contributed by atoms with Crippen molar-refractivity contribution in [1.29, 1.82) is 0 Å². The van der Waals surface area contributed by atoms with Crippen molar-refractivity contribution >= 4 is 29.1 Å². The lowest BCUT2D eigenvalue weighted by atomic mass is 10.1. The number of halogens is 2. The van der Waals surface area contributed by atoms with Gasteiger partial charge < -0.3 is 15.3 Å². The van der Waals surface area contributed by atoms with Gasteiger partial charge in [-0.3, -0.25) is 9.59 Å². The third kappa shape index (κ3) is 4.42. The maximum Gasteiger partial charge on any atom is 0.227 e. The van der Waals surface area contributed by atoms with Crippen molar-refractivity contribution in [3.63, 3.8) is 0 Å². The summed E-state index contributed by atoms with van der Waals surface area (Å²) in [4.78, 5) is 25.5. The van der Waals surface area contributed by atoms with E-state index in [1.165, 1.54) is 17.0 Å². The Bertz CT molecular complexity index is 597. The van der Waals surface area contributed by atoms with E-state index in [9.17, 15) is 19.1 Å². The number of amides is 2. The van der Waals surface area contributed by atoms with Crippen molar-refractivity contribution in [1.82, 2.24) is 5.32 Å².